The molecule has 0 amide bonds. The Kier molecular flexibility index (Phi) is 7.44. The van der Waals surface area contributed by atoms with Crippen LogP contribution in [-0.4, -0.2) is 59.5 Å². The zero-order chi connectivity index (χ0) is 30.1. The fraction of sp³-hybridized carbons (Fsp3) is 0.774. The van der Waals surface area contributed by atoms with Crippen LogP contribution in [0.3, 0.4) is 0 Å². The van der Waals surface area contributed by atoms with E-state index >= 15 is 8.78 Å². The maximum absolute atomic E-state index is 17.5. The third-order valence-corrected chi connectivity index (χ3v) is 11.3. The van der Waals surface area contributed by atoms with Crippen LogP contribution in [0.25, 0.3) is 0 Å². The number of halogens is 3. The smallest absolute Gasteiger partial charge is 0.431 e. The number of ketones is 1. The molecular formula is C31H41F3O7. The summed E-state index contributed by atoms with van der Waals surface area (Å²) in [5, 5.41) is 11.6. The van der Waals surface area contributed by atoms with Crippen molar-refractivity contribution in [2.45, 2.75) is 103 Å². The zero-order valence-corrected chi connectivity index (χ0v) is 24.3. The minimum Gasteiger partial charge on any atom is -0.431 e. The van der Waals surface area contributed by atoms with Gasteiger partial charge in [0.2, 0.25) is 12.5 Å². The number of aliphatic hydroxyl groups excluding tert-OH is 1. The van der Waals surface area contributed by atoms with Gasteiger partial charge in [-0.2, -0.15) is 0 Å². The normalized spacial score (nSPS) is 48.8. The lowest BCUT2D eigenvalue weighted by Crippen LogP contribution is -2.71. The molecule has 0 saturated heterocycles. The topological polar surface area (TPSA) is 99.1 Å². The van der Waals surface area contributed by atoms with Gasteiger partial charge in [-0.25, -0.2) is 22.8 Å². The summed E-state index contributed by atoms with van der Waals surface area (Å²) in [6.07, 6.45) is 0.412. The van der Waals surface area contributed by atoms with E-state index in [1.54, 1.807) is 13.8 Å². The summed E-state index contributed by atoms with van der Waals surface area (Å²) in [4.78, 5) is 39.0. The van der Waals surface area contributed by atoms with Crippen molar-refractivity contribution in [3.05, 3.63) is 23.8 Å². The summed E-state index contributed by atoms with van der Waals surface area (Å²) in [6.45, 7) is 7.37. The van der Waals surface area contributed by atoms with Crippen LogP contribution in [0.15, 0.2) is 23.8 Å². The Morgan fingerprint density at radius 3 is 2.34 bits per heavy atom. The number of ether oxygens (including phenoxy) is 3. The molecule has 0 aromatic heterocycles. The molecule has 0 aromatic carbocycles. The second-order valence-electron chi connectivity index (χ2n) is 13.8. The van der Waals surface area contributed by atoms with E-state index in [1.807, 2.05) is 0 Å². The summed E-state index contributed by atoms with van der Waals surface area (Å²) in [6, 6.07) is 0. The number of hydrogen-bond acceptors (Lipinski definition) is 7. The number of allylic oxidation sites excluding steroid dienone is 4. The van der Waals surface area contributed by atoms with Gasteiger partial charge in [0.15, 0.2) is 11.5 Å². The SMILES string of the molecule is C[C@@H]1CC(OC(=O)O[C@]2(C(=O)OCF)[C@H](C)C[C@H]3[C@@H]4C[C@H](F)C5=CC(=O)C=C[C@]5(C)[C@@]4(F)[C@@H](O)C[C@@]32C)C[C@H](C)C1. The molecule has 10 heteroatoms. The Morgan fingerprint density at radius 1 is 1.05 bits per heavy atom. The van der Waals surface area contributed by atoms with Gasteiger partial charge in [-0.15, -0.1) is 0 Å². The minimum absolute atomic E-state index is 0.0173. The maximum Gasteiger partial charge on any atom is 0.509 e. The van der Waals surface area contributed by atoms with Crippen molar-refractivity contribution in [2.75, 3.05) is 6.86 Å². The number of esters is 1. The molecule has 4 fully saturated rings. The van der Waals surface area contributed by atoms with E-state index < -0.39 is 83.0 Å². The predicted octanol–water partition coefficient (Wildman–Crippen LogP) is 5.74. The van der Waals surface area contributed by atoms with E-state index in [0.29, 0.717) is 24.7 Å². The average molecular weight is 583 g/mol. The lowest BCUT2D eigenvalue weighted by atomic mass is 9.44. The third-order valence-electron chi connectivity index (χ3n) is 11.3. The highest BCUT2D eigenvalue weighted by molar-refractivity contribution is 6.01. The van der Waals surface area contributed by atoms with Crippen LogP contribution in [0.4, 0.5) is 18.0 Å². The number of hydrogen-bond donors (Lipinski definition) is 1. The minimum atomic E-state index is -2.38. The third kappa shape index (κ3) is 4.20. The molecule has 41 heavy (non-hydrogen) atoms. The Hall–Kier alpha value is -2.36. The van der Waals surface area contributed by atoms with Crippen LogP contribution in [-0.2, 0) is 23.8 Å². The molecule has 0 radical (unpaired) electrons. The molecule has 0 spiro atoms. The summed E-state index contributed by atoms with van der Waals surface area (Å²) in [7, 11) is 0. The molecule has 1 unspecified atom stereocenters. The van der Waals surface area contributed by atoms with Crippen molar-refractivity contribution in [3.63, 3.8) is 0 Å². The molecule has 4 saturated carbocycles. The van der Waals surface area contributed by atoms with E-state index in [-0.39, 0.29) is 24.8 Å². The van der Waals surface area contributed by atoms with Crippen molar-refractivity contribution in [1.82, 2.24) is 0 Å². The monoisotopic (exact) mass is 582 g/mol. The van der Waals surface area contributed by atoms with Crippen LogP contribution in [0.5, 0.6) is 0 Å². The number of aliphatic hydroxyl groups is 1. The molecule has 5 aliphatic rings. The molecule has 12 atom stereocenters. The Balaban J connectivity index is 1.53. The number of carbonyl (C=O) groups is 3. The van der Waals surface area contributed by atoms with Gasteiger partial charge in [-0.05, 0) is 80.9 Å². The van der Waals surface area contributed by atoms with Gasteiger partial charge in [-0.3, -0.25) is 4.79 Å². The number of carbonyl (C=O) groups excluding carboxylic acids is 3. The van der Waals surface area contributed by atoms with E-state index in [1.165, 1.54) is 19.1 Å². The van der Waals surface area contributed by atoms with Crippen LogP contribution >= 0.6 is 0 Å². The van der Waals surface area contributed by atoms with Crippen molar-refractivity contribution in [3.8, 4) is 0 Å². The van der Waals surface area contributed by atoms with Crippen molar-refractivity contribution in [2.24, 2.45) is 40.4 Å². The molecule has 0 heterocycles. The van der Waals surface area contributed by atoms with E-state index in [0.717, 1.165) is 12.5 Å². The van der Waals surface area contributed by atoms with Gasteiger partial charge >= 0.3 is 12.1 Å². The maximum atomic E-state index is 17.5. The first-order chi connectivity index (χ1) is 19.1. The van der Waals surface area contributed by atoms with Gasteiger partial charge in [0.05, 0.1) is 6.10 Å². The molecule has 5 aliphatic carbocycles. The molecule has 0 bridgehead atoms. The lowest BCUT2D eigenvalue weighted by molar-refractivity contribution is -0.235. The van der Waals surface area contributed by atoms with Gasteiger partial charge in [0.1, 0.15) is 12.3 Å². The summed E-state index contributed by atoms with van der Waals surface area (Å²) in [5.74, 6) is -3.57. The van der Waals surface area contributed by atoms with Crippen LogP contribution in [0.2, 0.25) is 0 Å². The Bertz CT molecular complexity index is 1160. The van der Waals surface area contributed by atoms with Gasteiger partial charge < -0.3 is 19.3 Å². The Labute approximate surface area is 238 Å². The Morgan fingerprint density at radius 2 is 1.71 bits per heavy atom. The largest absolute Gasteiger partial charge is 0.509 e. The molecule has 5 rings (SSSR count). The lowest BCUT2D eigenvalue weighted by Gasteiger charge is -2.62. The van der Waals surface area contributed by atoms with Crippen LogP contribution in [0.1, 0.15) is 73.1 Å². The van der Waals surface area contributed by atoms with Gasteiger partial charge in [0, 0.05) is 22.7 Å². The molecular weight excluding hydrogens is 541 g/mol. The fourth-order valence-electron chi connectivity index (χ4n) is 9.64. The quantitative estimate of drug-likeness (QED) is 0.422. The average Bonchev–Trinajstić information content (AvgIpc) is 3.08. The standard InChI is InChI=1S/C31H41F3O7/c1-16-8-17(2)10-20(9-16)40-27(38)41-31(26(37)39-15-32)18(3)11-21-22-13-24(33)23-12-19(35)6-7-28(23,4)30(22,34)25(36)14-29(21,31)5/h6-7,12,16-18,20-22,24-25,36H,8-11,13-15H2,1-5H3/t16-,17+,18-,20?,21+,22+,24+,25+,28+,29+,30+,31+/m1/s1. The highest BCUT2D eigenvalue weighted by Crippen LogP contribution is 2.71. The first-order valence-electron chi connectivity index (χ1n) is 14.7. The number of rotatable bonds is 4. The highest BCUT2D eigenvalue weighted by atomic mass is 19.1. The second-order valence-corrected chi connectivity index (χ2v) is 13.8. The van der Waals surface area contributed by atoms with Crippen molar-refractivity contribution >= 4 is 17.9 Å². The zero-order valence-electron chi connectivity index (χ0n) is 24.3. The number of fused-ring (bicyclic) bond motifs is 5. The summed E-state index contributed by atoms with van der Waals surface area (Å²) < 4.78 is 63.1. The molecule has 228 valence electrons. The first-order valence-corrected chi connectivity index (χ1v) is 14.7. The van der Waals surface area contributed by atoms with Crippen molar-refractivity contribution in [1.29, 1.82) is 0 Å². The van der Waals surface area contributed by atoms with E-state index in [9.17, 15) is 23.9 Å². The second kappa shape index (κ2) is 10.1. The van der Waals surface area contributed by atoms with Crippen molar-refractivity contribution < 1.29 is 46.9 Å². The van der Waals surface area contributed by atoms with Gasteiger partial charge in [0.25, 0.3) is 0 Å². The van der Waals surface area contributed by atoms with Gasteiger partial charge in [-0.1, -0.05) is 33.8 Å². The van der Waals surface area contributed by atoms with Crippen LogP contribution in [0, 0.1) is 40.4 Å². The van der Waals surface area contributed by atoms with E-state index in [2.05, 4.69) is 13.8 Å². The van der Waals surface area contributed by atoms with Crippen LogP contribution < -0.4 is 0 Å². The number of alkyl halides is 3. The summed E-state index contributed by atoms with van der Waals surface area (Å²) in [5.41, 5.74) is -7.54. The van der Waals surface area contributed by atoms with E-state index in [4.69, 9.17) is 14.2 Å². The molecule has 0 aromatic rings. The predicted molar refractivity (Wildman–Crippen MR) is 142 cm³/mol. The highest BCUT2D eigenvalue weighted by Gasteiger charge is 2.79. The fourth-order valence-corrected chi connectivity index (χ4v) is 9.64. The summed E-state index contributed by atoms with van der Waals surface area (Å²) >= 11 is 0. The molecule has 7 nitrogen and oxygen atoms in total. The molecule has 0 aliphatic heterocycles. The molecule has 1 N–H and O–H groups in total. The first kappa shape index (κ1) is 30.1.